The Morgan fingerprint density at radius 3 is 2.27 bits per heavy atom. The highest BCUT2D eigenvalue weighted by Gasteiger charge is 2.40. The van der Waals surface area contributed by atoms with E-state index in [1.165, 1.54) is 12.1 Å². The number of nitrogens with zero attached hydrogens (tertiary/aromatic N) is 2. The average molecular weight is 562 g/mol. The van der Waals surface area contributed by atoms with Crippen molar-refractivity contribution in [2.24, 2.45) is 0 Å². The molecule has 0 saturated heterocycles. The number of nitrogens with one attached hydrogen (secondary N) is 1. The van der Waals surface area contributed by atoms with Crippen molar-refractivity contribution in [1.82, 2.24) is 14.5 Å². The second-order valence-corrected chi connectivity index (χ2v) is 12.2. The molecule has 1 aliphatic rings. The zero-order valence-corrected chi connectivity index (χ0v) is 23.9. The van der Waals surface area contributed by atoms with Crippen LogP contribution < -0.4 is 5.32 Å². The van der Waals surface area contributed by atoms with Gasteiger partial charge in [-0.25, -0.2) is 12.7 Å². The lowest BCUT2D eigenvalue weighted by atomic mass is 10.0. The van der Waals surface area contributed by atoms with Gasteiger partial charge in [-0.3, -0.25) is 14.4 Å². The molecular weight excluding hydrogens is 526 g/mol. The molecule has 9 heteroatoms. The average Bonchev–Trinajstić information content (AvgIpc) is 3.11. The Morgan fingerprint density at radius 1 is 0.925 bits per heavy atom. The van der Waals surface area contributed by atoms with Gasteiger partial charge in [0.25, 0.3) is 15.9 Å². The molecule has 3 aromatic carbocycles. The topological polar surface area (TPSA) is 104 Å². The second-order valence-electron chi connectivity index (χ2n) is 10.4. The predicted octanol–water partition coefficient (Wildman–Crippen LogP) is 4.08. The van der Waals surface area contributed by atoms with Crippen LogP contribution in [0, 0.1) is 6.92 Å². The number of fused-ring (bicyclic) bond motifs is 1. The molecule has 1 N–H and O–H groups in total. The molecule has 40 heavy (non-hydrogen) atoms. The van der Waals surface area contributed by atoms with Gasteiger partial charge in [0.15, 0.2) is 0 Å². The first kappa shape index (κ1) is 29.0. The summed E-state index contributed by atoms with van der Waals surface area (Å²) in [4.78, 5) is 41.6. The van der Waals surface area contributed by atoms with E-state index in [-0.39, 0.29) is 54.2 Å². The van der Waals surface area contributed by atoms with Gasteiger partial charge in [-0.1, -0.05) is 72.3 Å². The molecule has 0 saturated carbocycles. The third kappa shape index (κ3) is 6.59. The molecule has 8 nitrogen and oxygen atoms in total. The molecule has 0 unspecified atom stereocenters. The lowest BCUT2D eigenvalue weighted by Gasteiger charge is -2.32. The van der Waals surface area contributed by atoms with E-state index >= 15 is 0 Å². The van der Waals surface area contributed by atoms with Crippen molar-refractivity contribution in [2.45, 2.75) is 63.6 Å². The summed E-state index contributed by atoms with van der Waals surface area (Å²) in [5.41, 5.74) is 2.98. The number of carbonyl (C=O) groups excluding carboxylic acids is 3. The third-order valence-electron chi connectivity index (χ3n) is 6.80. The Hall–Kier alpha value is -3.98. The van der Waals surface area contributed by atoms with E-state index in [1.807, 2.05) is 75.4 Å². The third-order valence-corrected chi connectivity index (χ3v) is 8.64. The van der Waals surface area contributed by atoms with Gasteiger partial charge in [-0.05, 0) is 50.5 Å². The van der Waals surface area contributed by atoms with Crippen molar-refractivity contribution < 1.29 is 22.8 Å². The van der Waals surface area contributed by atoms with Crippen LogP contribution in [0.15, 0.2) is 83.8 Å². The molecule has 0 spiro atoms. The highest BCUT2D eigenvalue weighted by atomic mass is 32.2. The number of benzene rings is 3. The molecule has 0 aromatic heterocycles. The fraction of sp³-hybridized carbons (Fsp3) is 0.323. The van der Waals surface area contributed by atoms with Gasteiger partial charge in [0, 0.05) is 32.0 Å². The van der Waals surface area contributed by atoms with Gasteiger partial charge in [0.1, 0.15) is 10.9 Å². The summed E-state index contributed by atoms with van der Waals surface area (Å²) in [6.45, 7) is 5.80. The molecule has 0 fully saturated rings. The number of amides is 3. The van der Waals surface area contributed by atoms with Crippen LogP contribution in [0.3, 0.4) is 0 Å². The number of hydrogen-bond acceptors (Lipinski definition) is 5. The van der Waals surface area contributed by atoms with Crippen molar-refractivity contribution in [3.8, 4) is 0 Å². The molecular formula is C31H35N3O5S. The van der Waals surface area contributed by atoms with Gasteiger partial charge < -0.3 is 10.2 Å². The predicted molar refractivity (Wildman–Crippen MR) is 153 cm³/mol. The van der Waals surface area contributed by atoms with E-state index in [9.17, 15) is 22.8 Å². The van der Waals surface area contributed by atoms with Crippen molar-refractivity contribution in [3.05, 3.63) is 101 Å². The van der Waals surface area contributed by atoms with Crippen LogP contribution in [0.4, 0.5) is 0 Å². The maximum atomic E-state index is 13.8. The lowest BCUT2D eigenvalue weighted by Crippen LogP contribution is -2.51. The quantitative estimate of drug-likeness (QED) is 0.380. The van der Waals surface area contributed by atoms with Crippen LogP contribution >= 0.6 is 0 Å². The molecule has 0 aliphatic carbocycles. The molecule has 0 bridgehead atoms. The molecule has 210 valence electrons. The second kappa shape index (κ2) is 12.5. The van der Waals surface area contributed by atoms with Crippen LogP contribution in [-0.4, -0.2) is 54.0 Å². The van der Waals surface area contributed by atoms with Crippen molar-refractivity contribution in [2.75, 3.05) is 6.54 Å². The summed E-state index contributed by atoms with van der Waals surface area (Å²) >= 11 is 0. The Kier molecular flexibility index (Phi) is 9.04. The molecule has 4 rings (SSSR count). The highest BCUT2D eigenvalue weighted by Crippen LogP contribution is 2.30. The lowest BCUT2D eigenvalue weighted by molar-refractivity contribution is -0.141. The molecule has 1 aliphatic heterocycles. The number of rotatable bonds is 11. The number of carbonyl (C=O) groups is 3. The molecule has 3 amide bonds. The van der Waals surface area contributed by atoms with E-state index in [1.54, 1.807) is 17.0 Å². The summed E-state index contributed by atoms with van der Waals surface area (Å²) in [6.07, 6.45) is 0.429. The largest absolute Gasteiger partial charge is 0.352 e. The fourth-order valence-corrected chi connectivity index (χ4v) is 6.52. The van der Waals surface area contributed by atoms with Crippen LogP contribution in [0.1, 0.15) is 53.7 Å². The van der Waals surface area contributed by atoms with E-state index in [4.69, 9.17) is 0 Å². The minimum absolute atomic E-state index is 0.0133. The molecule has 3 aromatic rings. The molecule has 1 heterocycles. The van der Waals surface area contributed by atoms with Crippen LogP contribution in [0.5, 0.6) is 0 Å². The highest BCUT2D eigenvalue weighted by molar-refractivity contribution is 7.90. The van der Waals surface area contributed by atoms with Crippen molar-refractivity contribution in [3.63, 3.8) is 0 Å². The van der Waals surface area contributed by atoms with Crippen LogP contribution in [0.2, 0.25) is 0 Å². The maximum Gasteiger partial charge on any atom is 0.269 e. The Balaban J connectivity index is 1.57. The Labute approximate surface area is 236 Å². The van der Waals surface area contributed by atoms with Gasteiger partial charge in [0.05, 0.1) is 5.56 Å². The summed E-state index contributed by atoms with van der Waals surface area (Å²) in [5.74, 6) is -1.13. The summed E-state index contributed by atoms with van der Waals surface area (Å²) in [5, 5.41) is 2.96. The summed E-state index contributed by atoms with van der Waals surface area (Å²) in [6, 6.07) is 22.5. The van der Waals surface area contributed by atoms with Gasteiger partial charge in [0.2, 0.25) is 11.8 Å². The van der Waals surface area contributed by atoms with E-state index < -0.39 is 22.0 Å². The SMILES string of the molecule is Cc1cccc(CN(C(=O)CCCN2C(=O)c3ccccc3S2(=O)=O)[C@H](Cc2ccccc2)C(=O)NC(C)C)c1. The standard InChI is InChI=1S/C31H35N3O5S/c1-22(2)32-30(36)27(20-24-12-5-4-6-13-24)33(21-25-14-9-11-23(3)19-25)29(35)17-10-18-34-31(37)26-15-7-8-16-28(26)40(34,38)39/h4-9,11-16,19,22,27H,10,17-18,20-21H2,1-3H3,(H,32,36)/t27-/m1/s1. The normalized spacial score (nSPS) is 14.6. The Bertz CT molecular complexity index is 1490. The van der Waals surface area contributed by atoms with Crippen LogP contribution in [-0.2, 0) is 32.6 Å². The van der Waals surface area contributed by atoms with E-state index in [0.29, 0.717) is 6.42 Å². The summed E-state index contributed by atoms with van der Waals surface area (Å²) in [7, 11) is -3.96. The smallest absolute Gasteiger partial charge is 0.269 e. The minimum Gasteiger partial charge on any atom is -0.352 e. The maximum absolute atomic E-state index is 13.8. The number of hydrogen-bond donors (Lipinski definition) is 1. The monoisotopic (exact) mass is 561 g/mol. The zero-order chi connectivity index (χ0) is 28.9. The summed E-state index contributed by atoms with van der Waals surface area (Å²) < 4.78 is 26.7. The first-order valence-electron chi connectivity index (χ1n) is 13.4. The van der Waals surface area contributed by atoms with Crippen molar-refractivity contribution >= 4 is 27.7 Å². The van der Waals surface area contributed by atoms with Gasteiger partial charge >= 0.3 is 0 Å². The van der Waals surface area contributed by atoms with E-state index in [2.05, 4.69) is 5.32 Å². The molecule has 0 radical (unpaired) electrons. The zero-order valence-electron chi connectivity index (χ0n) is 23.0. The van der Waals surface area contributed by atoms with Crippen LogP contribution in [0.25, 0.3) is 0 Å². The first-order valence-corrected chi connectivity index (χ1v) is 14.9. The molecule has 1 atom stereocenters. The minimum atomic E-state index is -3.96. The number of sulfonamides is 1. The fourth-order valence-electron chi connectivity index (χ4n) is 4.91. The Morgan fingerprint density at radius 2 is 1.60 bits per heavy atom. The van der Waals surface area contributed by atoms with E-state index in [0.717, 1.165) is 21.0 Å². The van der Waals surface area contributed by atoms with Gasteiger partial charge in [-0.2, -0.15) is 0 Å². The van der Waals surface area contributed by atoms with Crippen molar-refractivity contribution in [1.29, 1.82) is 0 Å². The first-order chi connectivity index (χ1) is 19.1. The van der Waals surface area contributed by atoms with Gasteiger partial charge in [-0.15, -0.1) is 0 Å². The number of aryl methyl sites for hydroxylation is 1.